The second-order valence-corrected chi connectivity index (χ2v) is 5.55. The molecule has 2 aromatic carbocycles. The van der Waals surface area contributed by atoms with Crippen molar-refractivity contribution in [2.45, 2.75) is 6.04 Å². The van der Waals surface area contributed by atoms with Crippen molar-refractivity contribution in [3.05, 3.63) is 60.2 Å². The number of carbonyl (C=O) groups is 2. The van der Waals surface area contributed by atoms with Crippen molar-refractivity contribution in [2.24, 2.45) is 0 Å². The summed E-state index contributed by atoms with van der Waals surface area (Å²) in [7, 11) is 0. The lowest BCUT2D eigenvalue weighted by Gasteiger charge is -2.31. The molecule has 2 aromatic rings. The average molecular weight is 326 g/mol. The Morgan fingerprint density at radius 3 is 2.38 bits per heavy atom. The predicted octanol–water partition coefficient (Wildman–Crippen LogP) is 2.04. The van der Waals surface area contributed by atoms with Crippen molar-refractivity contribution in [1.82, 2.24) is 10.2 Å². The quantitative estimate of drug-likeness (QED) is 0.879. The summed E-state index contributed by atoms with van der Waals surface area (Å²) in [5.41, 5.74) is 0.623. The van der Waals surface area contributed by atoms with E-state index in [1.165, 1.54) is 0 Å². The average Bonchev–Trinajstić information content (AvgIpc) is 2.57. The number of ether oxygens (including phenoxy) is 1. The molecule has 1 atom stereocenters. The molecule has 1 saturated heterocycles. The monoisotopic (exact) mass is 326 g/mol. The van der Waals surface area contributed by atoms with Gasteiger partial charge >= 0.3 is 5.97 Å². The number of hydrogen-bond donors (Lipinski definition) is 2. The molecule has 124 valence electrons. The van der Waals surface area contributed by atoms with Crippen LogP contribution in [0.3, 0.4) is 0 Å². The van der Waals surface area contributed by atoms with Crippen LogP contribution < -0.4 is 10.1 Å². The number of para-hydroxylation sites is 1. The molecule has 3 rings (SSSR count). The first-order chi connectivity index (χ1) is 11.6. The van der Waals surface area contributed by atoms with E-state index < -0.39 is 12.0 Å². The van der Waals surface area contributed by atoms with E-state index in [1.807, 2.05) is 30.3 Å². The molecular formula is C18H18N2O4. The van der Waals surface area contributed by atoms with Gasteiger partial charge in [-0.05, 0) is 29.8 Å². The van der Waals surface area contributed by atoms with Gasteiger partial charge in [0.2, 0.25) is 5.91 Å². The van der Waals surface area contributed by atoms with E-state index in [0.29, 0.717) is 30.2 Å². The Kier molecular flexibility index (Phi) is 4.77. The minimum absolute atomic E-state index is 0.0826. The summed E-state index contributed by atoms with van der Waals surface area (Å²) in [6.45, 7) is 1.04. The second kappa shape index (κ2) is 7.14. The minimum Gasteiger partial charge on any atom is -0.480 e. The maximum atomic E-state index is 11.7. The summed E-state index contributed by atoms with van der Waals surface area (Å²) in [5, 5.41) is 12.3. The molecule has 6 heteroatoms. The van der Waals surface area contributed by atoms with Crippen molar-refractivity contribution in [2.75, 3.05) is 19.6 Å². The van der Waals surface area contributed by atoms with E-state index in [-0.39, 0.29) is 12.5 Å². The number of rotatable bonds is 5. The molecule has 24 heavy (non-hydrogen) atoms. The zero-order valence-corrected chi connectivity index (χ0v) is 13.0. The highest BCUT2D eigenvalue weighted by Crippen LogP contribution is 2.26. The maximum absolute atomic E-state index is 11.7. The van der Waals surface area contributed by atoms with Crippen LogP contribution in [0.15, 0.2) is 54.6 Å². The van der Waals surface area contributed by atoms with Crippen molar-refractivity contribution < 1.29 is 19.4 Å². The van der Waals surface area contributed by atoms with Crippen LogP contribution in [0.1, 0.15) is 11.6 Å². The Morgan fingerprint density at radius 2 is 1.75 bits per heavy atom. The molecule has 0 bridgehead atoms. The first kappa shape index (κ1) is 16.0. The highest BCUT2D eigenvalue weighted by molar-refractivity contribution is 5.81. The van der Waals surface area contributed by atoms with Crippen molar-refractivity contribution in [3.8, 4) is 11.5 Å². The molecule has 0 aromatic heterocycles. The Hall–Kier alpha value is -2.86. The van der Waals surface area contributed by atoms with Gasteiger partial charge < -0.3 is 15.2 Å². The Balaban J connectivity index is 1.76. The van der Waals surface area contributed by atoms with Gasteiger partial charge in [0.25, 0.3) is 0 Å². The number of hydrogen-bond acceptors (Lipinski definition) is 4. The molecule has 0 spiro atoms. The van der Waals surface area contributed by atoms with E-state index >= 15 is 0 Å². The van der Waals surface area contributed by atoms with Crippen LogP contribution in [-0.4, -0.2) is 41.5 Å². The molecule has 1 heterocycles. The van der Waals surface area contributed by atoms with Crippen LogP contribution >= 0.6 is 0 Å². The van der Waals surface area contributed by atoms with Crippen molar-refractivity contribution in [3.63, 3.8) is 0 Å². The normalized spacial score (nSPS) is 16.2. The Bertz CT molecular complexity index is 716. The smallest absolute Gasteiger partial charge is 0.325 e. The number of nitrogens with zero attached hydrogens (tertiary/aromatic N) is 1. The van der Waals surface area contributed by atoms with Crippen LogP contribution in [0, 0.1) is 0 Å². The fourth-order valence-corrected chi connectivity index (χ4v) is 2.73. The van der Waals surface area contributed by atoms with Gasteiger partial charge in [0, 0.05) is 13.1 Å². The highest BCUT2D eigenvalue weighted by Gasteiger charge is 2.30. The van der Waals surface area contributed by atoms with Crippen LogP contribution in [-0.2, 0) is 9.59 Å². The van der Waals surface area contributed by atoms with E-state index in [2.05, 4.69) is 5.32 Å². The first-order valence-electron chi connectivity index (χ1n) is 7.70. The fourth-order valence-electron chi connectivity index (χ4n) is 2.73. The second-order valence-electron chi connectivity index (χ2n) is 5.55. The number of piperazine rings is 1. The lowest BCUT2D eigenvalue weighted by atomic mass is 10.0. The standard InChI is InChI=1S/C18H18N2O4/c21-16-12-20(11-10-19-16)17(18(22)23)13-6-8-15(9-7-13)24-14-4-2-1-3-5-14/h1-9,17H,10-12H2,(H,19,21)(H,22,23). The molecule has 1 amide bonds. The van der Waals surface area contributed by atoms with Gasteiger partial charge in [0.05, 0.1) is 6.54 Å². The number of benzene rings is 2. The third-order valence-corrected chi connectivity index (χ3v) is 3.84. The predicted molar refractivity (Wildman–Crippen MR) is 87.9 cm³/mol. The number of nitrogens with one attached hydrogen (secondary N) is 1. The molecule has 1 fully saturated rings. The zero-order valence-electron chi connectivity index (χ0n) is 13.0. The molecule has 6 nitrogen and oxygen atoms in total. The molecule has 1 aliphatic rings. The van der Waals surface area contributed by atoms with Gasteiger partial charge in [-0.1, -0.05) is 30.3 Å². The Labute approximate surface area is 139 Å². The summed E-state index contributed by atoms with van der Waals surface area (Å²) in [5.74, 6) is 0.219. The van der Waals surface area contributed by atoms with Gasteiger partial charge in [-0.3, -0.25) is 14.5 Å². The number of amides is 1. The zero-order chi connectivity index (χ0) is 16.9. The van der Waals surface area contributed by atoms with Gasteiger partial charge in [-0.25, -0.2) is 0 Å². The molecule has 0 saturated carbocycles. The number of carboxylic acids is 1. The molecule has 0 aliphatic carbocycles. The molecule has 2 N–H and O–H groups in total. The fraction of sp³-hybridized carbons (Fsp3) is 0.222. The Morgan fingerprint density at radius 1 is 1.08 bits per heavy atom. The van der Waals surface area contributed by atoms with Gasteiger partial charge in [0.1, 0.15) is 17.5 Å². The lowest BCUT2D eigenvalue weighted by Crippen LogP contribution is -2.50. The largest absolute Gasteiger partial charge is 0.480 e. The third kappa shape index (κ3) is 3.72. The highest BCUT2D eigenvalue weighted by atomic mass is 16.5. The minimum atomic E-state index is -0.971. The van der Waals surface area contributed by atoms with E-state index in [0.717, 1.165) is 0 Å². The topological polar surface area (TPSA) is 78.9 Å². The molecule has 1 unspecified atom stereocenters. The van der Waals surface area contributed by atoms with Gasteiger partial charge in [-0.15, -0.1) is 0 Å². The van der Waals surface area contributed by atoms with Crippen LogP contribution in [0.25, 0.3) is 0 Å². The summed E-state index contributed by atoms with van der Waals surface area (Å²) in [4.78, 5) is 24.9. The SMILES string of the molecule is O=C1CN(C(C(=O)O)c2ccc(Oc3ccccc3)cc2)CCN1. The van der Waals surface area contributed by atoms with E-state index in [1.54, 1.807) is 29.2 Å². The van der Waals surface area contributed by atoms with Crippen LogP contribution in [0.5, 0.6) is 11.5 Å². The van der Waals surface area contributed by atoms with Crippen LogP contribution in [0.2, 0.25) is 0 Å². The van der Waals surface area contributed by atoms with E-state index in [4.69, 9.17) is 4.74 Å². The van der Waals surface area contributed by atoms with Crippen molar-refractivity contribution in [1.29, 1.82) is 0 Å². The number of carbonyl (C=O) groups excluding carboxylic acids is 1. The summed E-state index contributed by atoms with van der Waals surface area (Å²) < 4.78 is 5.71. The summed E-state index contributed by atoms with van der Waals surface area (Å²) in [6.07, 6.45) is 0. The number of aliphatic carboxylic acids is 1. The van der Waals surface area contributed by atoms with Crippen molar-refractivity contribution >= 4 is 11.9 Å². The maximum Gasteiger partial charge on any atom is 0.325 e. The summed E-state index contributed by atoms with van der Waals surface area (Å²) >= 11 is 0. The number of carboxylic acid groups (broad SMARTS) is 1. The first-order valence-corrected chi connectivity index (χ1v) is 7.70. The molecular weight excluding hydrogens is 308 g/mol. The van der Waals surface area contributed by atoms with Crippen LogP contribution in [0.4, 0.5) is 0 Å². The van der Waals surface area contributed by atoms with E-state index in [9.17, 15) is 14.7 Å². The van der Waals surface area contributed by atoms with Gasteiger partial charge in [-0.2, -0.15) is 0 Å². The molecule has 1 aliphatic heterocycles. The third-order valence-electron chi connectivity index (χ3n) is 3.84. The lowest BCUT2D eigenvalue weighted by molar-refractivity contribution is -0.145. The molecule has 0 radical (unpaired) electrons. The summed E-state index contributed by atoms with van der Waals surface area (Å²) in [6, 6.07) is 15.4. The van der Waals surface area contributed by atoms with Gasteiger partial charge in [0.15, 0.2) is 0 Å².